The summed E-state index contributed by atoms with van der Waals surface area (Å²) in [7, 11) is 0. The first-order valence-electron chi connectivity index (χ1n) is 9.81. The first-order chi connectivity index (χ1) is 14.1. The molecule has 3 aromatic rings. The van der Waals surface area contributed by atoms with Crippen molar-refractivity contribution in [2.75, 3.05) is 19.7 Å². The molecule has 7 nitrogen and oxygen atoms in total. The molecule has 1 saturated heterocycles. The van der Waals surface area contributed by atoms with Gasteiger partial charge in [0.05, 0.1) is 41.4 Å². The molecular weight excluding hydrogens is 368 g/mol. The summed E-state index contributed by atoms with van der Waals surface area (Å²) in [5.74, 6) is 0.786. The molecule has 7 heteroatoms. The van der Waals surface area contributed by atoms with Gasteiger partial charge in [0.1, 0.15) is 11.9 Å². The van der Waals surface area contributed by atoms with Crippen molar-refractivity contribution in [2.24, 2.45) is 0 Å². The zero-order chi connectivity index (χ0) is 20.4. The van der Waals surface area contributed by atoms with Crippen LogP contribution in [0.1, 0.15) is 46.1 Å². The van der Waals surface area contributed by atoms with E-state index < -0.39 is 0 Å². The highest BCUT2D eigenvalue weighted by molar-refractivity contribution is 5.94. The predicted molar refractivity (Wildman–Crippen MR) is 107 cm³/mol. The van der Waals surface area contributed by atoms with Crippen LogP contribution < -0.4 is 0 Å². The van der Waals surface area contributed by atoms with E-state index in [1.165, 1.54) is 0 Å². The Kier molecular flexibility index (Phi) is 5.40. The van der Waals surface area contributed by atoms with E-state index in [2.05, 4.69) is 10.1 Å². The molecule has 0 spiro atoms. The normalized spacial score (nSPS) is 16.8. The third-order valence-electron chi connectivity index (χ3n) is 5.09. The van der Waals surface area contributed by atoms with E-state index in [4.69, 9.17) is 14.2 Å². The van der Waals surface area contributed by atoms with E-state index in [1.54, 1.807) is 17.3 Å². The average molecular weight is 392 g/mol. The number of amides is 1. The molecule has 4 rings (SSSR count). The van der Waals surface area contributed by atoms with Crippen molar-refractivity contribution >= 4 is 5.91 Å². The van der Waals surface area contributed by atoms with Gasteiger partial charge in [-0.05, 0) is 37.6 Å². The predicted octanol–water partition coefficient (Wildman–Crippen LogP) is 3.52. The molecule has 1 aliphatic rings. The number of aromatic nitrogens is 3. The molecule has 1 fully saturated rings. The van der Waals surface area contributed by atoms with Crippen LogP contribution in [0.4, 0.5) is 0 Å². The molecule has 0 N–H and O–H groups in total. The summed E-state index contributed by atoms with van der Waals surface area (Å²) in [5, 5.41) is 4.08. The zero-order valence-corrected chi connectivity index (χ0v) is 16.9. The lowest BCUT2D eigenvalue weighted by atomic mass is 10.1. The fourth-order valence-electron chi connectivity index (χ4n) is 3.62. The van der Waals surface area contributed by atoms with Gasteiger partial charge >= 0.3 is 0 Å². The van der Waals surface area contributed by atoms with Crippen molar-refractivity contribution in [1.29, 1.82) is 0 Å². The molecule has 1 atom stereocenters. The molecule has 29 heavy (non-hydrogen) atoms. The van der Waals surface area contributed by atoms with Crippen molar-refractivity contribution < 1.29 is 14.1 Å². The summed E-state index contributed by atoms with van der Waals surface area (Å²) in [4.78, 5) is 23.7. The van der Waals surface area contributed by atoms with E-state index >= 15 is 0 Å². The minimum Gasteiger partial charge on any atom is -0.368 e. The van der Waals surface area contributed by atoms with Crippen LogP contribution in [-0.4, -0.2) is 45.6 Å². The number of ether oxygens (including phenoxy) is 1. The minimum atomic E-state index is -0.282. The Labute approximate surface area is 169 Å². The van der Waals surface area contributed by atoms with E-state index in [9.17, 15) is 4.79 Å². The maximum absolute atomic E-state index is 12.9. The van der Waals surface area contributed by atoms with Gasteiger partial charge in [0.2, 0.25) is 0 Å². The van der Waals surface area contributed by atoms with Crippen LogP contribution in [0.25, 0.3) is 11.3 Å². The largest absolute Gasteiger partial charge is 0.368 e. The van der Waals surface area contributed by atoms with Crippen molar-refractivity contribution in [3.05, 3.63) is 64.9 Å². The molecule has 0 radical (unpaired) electrons. The third-order valence-corrected chi connectivity index (χ3v) is 5.09. The molecule has 0 saturated carbocycles. The van der Waals surface area contributed by atoms with E-state index in [0.717, 1.165) is 40.4 Å². The van der Waals surface area contributed by atoms with Crippen molar-refractivity contribution in [1.82, 2.24) is 20.0 Å². The Morgan fingerprint density at radius 1 is 1.28 bits per heavy atom. The second-order valence-corrected chi connectivity index (χ2v) is 7.23. The van der Waals surface area contributed by atoms with Gasteiger partial charge in [0.15, 0.2) is 0 Å². The summed E-state index contributed by atoms with van der Waals surface area (Å²) in [6.45, 7) is 7.34. The lowest BCUT2D eigenvalue weighted by molar-refractivity contribution is -0.0247. The molecule has 1 amide bonds. The van der Waals surface area contributed by atoms with Crippen LogP contribution in [0.15, 0.2) is 41.2 Å². The molecular formula is C22H24N4O3. The number of carbonyl (C=O) groups excluding carboxylic acids is 1. The number of hydrogen-bond donors (Lipinski definition) is 0. The van der Waals surface area contributed by atoms with Gasteiger partial charge < -0.3 is 14.2 Å². The highest BCUT2D eigenvalue weighted by Gasteiger charge is 2.28. The maximum Gasteiger partial charge on any atom is 0.255 e. The molecule has 4 heterocycles. The van der Waals surface area contributed by atoms with Crippen LogP contribution in [0.5, 0.6) is 0 Å². The number of morpholine rings is 1. The second kappa shape index (κ2) is 8.13. The van der Waals surface area contributed by atoms with Gasteiger partial charge in [-0.15, -0.1) is 0 Å². The second-order valence-electron chi connectivity index (χ2n) is 7.23. The number of aryl methyl sites for hydroxylation is 3. The van der Waals surface area contributed by atoms with E-state index in [0.29, 0.717) is 25.3 Å². The first kappa shape index (κ1) is 19.3. The standard InChI is InChI=1S/C22H24N4O3/c1-4-19-21(15(3)25-29-19)18-7-5-6-17(24-18)20-13-26(8-9-28-20)22(27)16-10-14(2)11-23-12-16/h5-7,10-12,20H,4,8-9,13H2,1-3H3/t20-/m0/s1. The summed E-state index contributed by atoms with van der Waals surface area (Å²) in [6, 6.07) is 7.70. The van der Waals surface area contributed by atoms with Crippen molar-refractivity contribution in [2.45, 2.75) is 33.3 Å². The molecule has 1 aliphatic heterocycles. The minimum absolute atomic E-state index is 0.0335. The smallest absolute Gasteiger partial charge is 0.255 e. The molecule has 0 aliphatic carbocycles. The topological polar surface area (TPSA) is 81.4 Å². The SMILES string of the molecule is CCc1onc(C)c1-c1cccc([C@@H]2CN(C(=O)c3cncc(C)c3)CCO2)n1. The van der Waals surface area contributed by atoms with Gasteiger partial charge in [-0.3, -0.25) is 9.78 Å². The number of carbonyl (C=O) groups is 1. The van der Waals surface area contributed by atoms with Crippen LogP contribution in [0, 0.1) is 13.8 Å². The van der Waals surface area contributed by atoms with Gasteiger partial charge in [0, 0.05) is 25.4 Å². The molecule has 0 bridgehead atoms. The fraction of sp³-hybridized carbons (Fsp3) is 0.364. The van der Waals surface area contributed by atoms with Crippen molar-refractivity contribution in [3.63, 3.8) is 0 Å². The summed E-state index contributed by atoms with van der Waals surface area (Å²) in [6.07, 6.45) is 3.82. The number of nitrogens with zero attached hydrogens (tertiary/aromatic N) is 4. The molecule has 3 aromatic heterocycles. The van der Waals surface area contributed by atoms with Gasteiger partial charge in [0.25, 0.3) is 5.91 Å². The van der Waals surface area contributed by atoms with Gasteiger partial charge in [-0.1, -0.05) is 18.1 Å². The molecule has 150 valence electrons. The van der Waals surface area contributed by atoms with Crippen LogP contribution in [0.3, 0.4) is 0 Å². The third kappa shape index (κ3) is 3.91. The molecule has 0 aromatic carbocycles. The highest BCUT2D eigenvalue weighted by atomic mass is 16.5. The van der Waals surface area contributed by atoms with Gasteiger partial charge in [-0.2, -0.15) is 0 Å². The lowest BCUT2D eigenvalue weighted by Crippen LogP contribution is -2.42. The Morgan fingerprint density at radius 2 is 2.14 bits per heavy atom. The number of pyridine rings is 2. The maximum atomic E-state index is 12.9. The quantitative estimate of drug-likeness (QED) is 0.676. The summed E-state index contributed by atoms with van der Waals surface area (Å²) < 4.78 is 11.4. The Morgan fingerprint density at radius 3 is 2.93 bits per heavy atom. The highest BCUT2D eigenvalue weighted by Crippen LogP contribution is 2.29. The average Bonchev–Trinajstić information content (AvgIpc) is 3.14. The summed E-state index contributed by atoms with van der Waals surface area (Å²) in [5.41, 5.74) is 4.92. The van der Waals surface area contributed by atoms with Crippen LogP contribution in [-0.2, 0) is 11.2 Å². The van der Waals surface area contributed by atoms with Gasteiger partial charge in [-0.25, -0.2) is 4.98 Å². The fourth-order valence-corrected chi connectivity index (χ4v) is 3.62. The Bertz CT molecular complexity index is 1030. The Balaban J connectivity index is 1.57. The lowest BCUT2D eigenvalue weighted by Gasteiger charge is -2.32. The number of hydrogen-bond acceptors (Lipinski definition) is 6. The number of rotatable bonds is 4. The van der Waals surface area contributed by atoms with Crippen molar-refractivity contribution in [3.8, 4) is 11.3 Å². The van der Waals surface area contributed by atoms with E-state index in [-0.39, 0.29) is 12.0 Å². The first-order valence-corrected chi connectivity index (χ1v) is 9.81. The summed E-state index contributed by atoms with van der Waals surface area (Å²) >= 11 is 0. The Hall–Kier alpha value is -3.06. The zero-order valence-electron chi connectivity index (χ0n) is 16.9. The van der Waals surface area contributed by atoms with Crippen LogP contribution in [0.2, 0.25) is 0 Å². The van der Waals surface area contributed by atoms with E-state index in [1.807, 2.05) is 45.0 Å². The monoisotopic (exact) mass is 392 g/mol. The molecule has 0 unspecified atom stereocenters. The van der Waals surface area contributed by atoms with Crippen LogP contribution >= 0.6 is 0 Å².